The zero-order chi connectivity index (χ0) is 26.0. The van der Waals surface area contributed by atoms with E-state index in [1.807, 2.05) is 63.2 Å². The number of hydrogen-bond acceptors (Lipinski definition) is 8. The average molecular weight is 504 g/mol. The number of benzene rings is 1. The molecular weight excluding hydrogens is 474 g/mol. The van der Waals surface area contributed by atoms with Crippen LogP contribution in [0.4, 0.5) is 5.69 Å². The van der Waals surface area contributed by atoms with Gasteiger partial charge in [0.15, 0.2) is 11.5 Å². The van der Waals surface area contributed by atoms with Gasteiger partial charge in [0.1, 0.15) is 11.0 Å². The quantitative estimate of drug-likeness (QED) is 0.444. The van der Waals surface area contributed by atoms with Gasteiger partial charge >= 0.3 is 5.97 Å². The molecule has 1 atom stereocenters. The summed E-state index contributed by atoms with van der Waals surface area (Å²) in [5, 5.41) is 16.4. The Morgan fingerprint density at radius 2 is 1.89 bits per heavy atom. The van der Waals surface area contributed by atoms with Crippen LogP contribution in [0.1, 0.15) is 24.2 Å². The van der Waals surface area contributed by atoms with Crippen LogP contribution >= 0.6 is 11.6 Å². The Kier molecular flexibility index (Phi) is 7.59. The number of ether oxygens (including phenoxy) is 2. The number of nitrogens with zero attached hydrogens (tertiary/aromatic N) is 3. The summed E-state index contributed by atoms with van der Waals surface area (Å²) in [6, 6.07) is 11.9. The third-order valence-corrected chi connectivity index (χ3v) is 6.07. The number of carboxylic acid groups (broad SMARTS) is 1. The zero-order valence-corrected chi connectivity index (χ0v) is 21.3. The summed E-state index contributed by atoms with van der Waals surface area (Å²) < 4.78 is 10.6. The van der Waals surface area contributed by atoms with E-state index in [1.54, 1.807) is 12.0 Å². The number of carboxylic acids is 1. The molecule has 188 valence electrons. The van der Waals surface area contributed by atoms with Gasteiger partial charge in [0.2, 0.25) is 5.88 Å². The first-order chi connectivity index (χ1) is 16.5. The van der Waals surface area contributed by atoms with Crippen LogP contribution in [0.25, 0.3) is 0 Å². The summed E-state index contributed by atoms with van der Waals surface area (Å²) >= 11 is 6.03. The van der Waals surface area contributed by atoms with Crippen LogP contribution in [0.2, 0.25) is 5.15 Å². The van der Waals surface area contributed by atoms with Gasteiger partial charge in [-0.1, -0.05) is 43.6 Å². The van der Waals surface area contributed by atoms with Gasteiger partial charge in [-0.15, -0.1) is 0 Å². The highest BCUT2D eigenvalue weighted by Crippen LogP contribution is 2.45. The van der Waals surface area contributed by atoms with E-state index in [1.165, 1.54) is 19.2 Å². The second kappa shape index (κ2) is 10.1. The molecule has 0 saturated heterocycles. The summed E-state index contributed by atoms with van der Waals surface area (Å²) in [5.41, 5.74) is -0.0364. The van der Waals surface area contributed by atoms with Crippen LogP contribution in [-0.4, -0.2) is 67.6 Å². The fourth-order valence-electron chi connectivity index (χ4n) is 4.49. The van der Waals surface area contributed by atoms with E-state index in [-0.39, 0.29) is 34.7 Å². The fraction of sp³-hybridized carbons (Fsp3) is 0.375. The second-order valence-electron chi connectivity index (χ2n) is 8.88. The summed E-state index contributed by atoms with van der Waals surface area (Å²) in [7, 11) is 6.66. The minimum atomic E-state index is -1.22. The molecule has 1 unspecified atom stereocenters. The van der Waals surface area contributed by atoms with Gasteiger partial charge in [0.25, 0.3) is 5.91 Å². The predicted molar refractivity (Wildman–Crippen MR) is 132 cm³/mol. The van der Waals surface area contributed by atoms with Gasteiger partial charge in [0, 0.05) is 29.8 Å². The molecule has 3 rings (SSSR count). The van der Waals surface area contributed by atoms with Crippen molar-refractivity contribution in [3.63, 3.8) is 0 Å². The molecular formula is C24H30ClN5O5. The molecule has 0 bridgehead atoms. The Bertz CT molecular complexity index is 1140. The number of carbonyl (C=O) groups is 2. The predicted octanol–water partition coefficient (Wildman–Crippen LogP) is 2.72. The fourth-order valence-corrected chi connectivity index (χ4v) is 4.69. The molecule has 1 aliphatic rings. The lowest BCUT2D eigenvalue weighted by molar-refractivity contribution is -0.133. The molecule has 0 saturated carbocycles. The number of anilines is 1. The number of halogens is 1. The van der Waals surface area contributed by atoms with Crippen LogP contribution in [-0.2, 0) is 9.53 Å². The number of rotatable bonds is 9. The number of aliphatic carboxylic acids is 1. The van der Waals surface area contributed by atoms with Crippen molar-refractivity contribution in [1.82, 2.24) is 20.5 Å². The van der Waals surface area contributed by atoms with E-state index >= 15 is 0 Å². The zero-order valence-electron chi connectivity index (χ0n) is 20.5. The molecule has 1 aromatic heterocycles. The van der Waals surface area contributed by atoms with Crippen molar-refractivity contribution in [2.24, 2.45) is 5.41 Å². The first-order valence-electron chi connectivity index (χ1n) is 10.8. The van der Waals surface area contributed by atoms with E-state index < -0.39 is 23.1 Å². The molecule has 10 nitrogen and oxygen atoms in total. The number of carbonyl (C=O) groups excluding carboxylic acids is 1. The van der Waals surface area contributed by atoms with Crippen LogP contribution < -0.4 is 20.3 Å². The number of hydrogen-bond donors (Lipinski definition) is 3. The summed E-state index contributed by atoms with van der Waals surface area (Å²) in [4.78, 5) is 33.4. The number of nitrogens with one attached hydrogen (secondary N) is 2. The van der Waals surface area contributed by atoms with Crippen molar-refractivity contribution in [3.8, 4) is 5.88 Å². The van der Waals surface area contributed by atoms with Crippen molar-refractivity contribution < 1.29 is 24.2 Å². The van der Waals surface area contributed by atoms with Gasteiger partial charge < -0.3 is 25.2 Å². The summed E-state index contributed by atoms with van der Waals surface area (Å²) in [5.74, 6) is -2.76. The lowest BCUT2D eigenvalue weighted by Gasteiger charge is -2.54. The summed E-state index contributed by atoms with van der Waals surface area (Å²) in [6.07, 6.45) is 0. The largest absolute Gasteiger partial charge is 0.481 e. The van der Waals surface area contributed by atoms with E-state index in [9.17, 15) is 14.7 Å². The monoisotopic (exact) mass is 503 g/mol. The molecule has 11 heteroatoms. The Morgan fingerprint density at radius 3 is 2.43 bits per heavy atom. The Hall–Kier alpha value is -3.34. The van der Waals surface area contributed by atoms with Crippen LogP contribution in [0.3, 0.4) is 0 Å². The van der Waals surface area contributed by atoms with Crippen LogP contribution in [0, 0.1) is 5.41 Å². The molecule has 1 aromatic carbocycles. The maximum atomic E-state index is 13.2. The number of para-hydroxylation sites is 1. The van der Waals surface area contributed by atoms with Crippen molar-refractivity contribution in [3.05, 3.63) is 64.7 Å². The number of amides is 1. The molecule has 1 aliphatic heterocycles. The van der Waals surface area contributed by atoms with Crippen molar-refractivity contribution in [2.45, 2.75) is 19.6 Å². The lowest BCUT2D eigenvalue weighted by atomic mass is 9.83. The van der Waals surface area contributed by atoms with Gasteiger partial charge in [-0.3, -0.25) is 14.6 Å². The highest BCUT2D eigenvalue weighted by molar-refractivity contribution is 6.29. The number of aromatic nitrogens is 1. The Labute approximate surface area is 209 Å². The molecule has 0 spiro atoms. The molecule has 1 amide bonds. The minimum absolute atomic E-state index is 0.0242. The molecule has 0 aliphatic carbocycles. The van der Waals surface area contributed by atoms with Crippen LogP contribution in [0.15, 0.2) is 54.0 Å². The summed E-state index contributed by atoms with van der Waals surface area (Å²) in [6.45, 7) is 4.20. The van der Waals surface area contributed by atoms with Crippen molar-refractivity contribution >= 4 is 29.2 Å². The lowest BCUT2D eigenvalue weighted by Crippen LogP contribution is -2.72. The van der Waals surface area contributed by atoms with E-state index in [4.69, 9.17) is 21.1 Å². The normalized spacial score (nSPS) is 18.0. The SMILES string of the molecule is COCC(C)(C)C1(N(C)C)NC(NC(=O)c2cc(Cl)nc(OC)c2)=C(C(=O)O)N1c1ccccc1. The highest BCUT2D eigenvalue weighted by atomic mass is 35.5. The van der Waals surface area contributed by atoms with Crippen molar-refractivity contribution in [1.29, 1.82) is 0 Å². The molecule has 2 heterocycles. The van der Waals surface area contributed by atoms with Gasteiger partial charge in [0.05, 0.1) is 13.7 Å². The number of pyridine rings is 1. The Morgan fingerprint density at radius 1 is 1.23 bits per heavy atom. The molecule has 3 N–H and O–H groups in total. The van der Waals surface area contributed by atoms with E-state index in [0.29, 0.717) is 5.69 Å². The van der Waals surface area contributed by atoms with E-state index in [0.717, 1.165) is 0 Å². The first-order valence-corrected chi connectivity index (χ1v) is 11.2. The molecule has 0 radical (unpaired) electrons. The van der Waals surface area contributed by atoms with Gasteiger partial charge in [-0.05, 0) is 32.3 Å². The van der Waals surface area contributed by atoms with E-state index in [2.05, 4.69) is 15.6 Å². The maximum Gasteiger partial charge on any atom is 0.356 e. The molecule has 0 fully saturated rings. The topological polar surface area (TPSA) is 116 Å². The average Bonchev–Trinajstić information content (AvgIpc) is 3.16. The van der Waals surface area contributed by atoms with Crippen LogP contribution in [0.5, 0.6) is 5.88 Å². The Balaban J connectivity index is 2.19. The molecule has 2 aromatic rings. The van der Waals surface area contributed by atoms with Crippen molar-refractivity contribution in [2.75, 3.05) is 39.8 Å². The minimum Gasteiger partial charge on any atom is -0.481 e. The maximum absolute atomic E-state index is 13.2. The standard InChI is InChI=1S/C24H30ClN5O5/c1-23(2,14-34-5)24(29(3)4)28-20(19(22(32)33)30(24)16-10-8-7-9-11-16)27-21(31)15-12-17(25)26-18(13-15)35-6/h7-13,28H,14H2,1-6H3,(H,27,31)(H,32,33). The second-order valence-corrected chi connectivity index (χ2v) is 9.27. The van der Waals surface area contributed by atoms with Gasteiger partial charge in [-0.2, -0.15) is 0 Å². The molecule has 35 heavy (non-hydrogen) atoms. The third kappa shape index (κ3) is 4.77. The highest BCUT2D eigenvalue weighted by Gasteiger charge is 2.59. The number of methoxy groups -OCH3 is 2. The first kappa shape index (κ1) is 26.3. The van der Waals surface area contributed by atoms with Gasteiger partial charge in [-0.25, -0.2) is 9.78 Å². The smallest absolute Gasteiger partial charge is 0.356 e. The third-order valence-electron chi connectivity index (χ3n) is 5.88.